The largest absolute Gasteiger partial charge is 0.465 e. The molecule has 1 saturated heterocycles. The number of aromatic amines is 1. The number of H-pyrrole nitrogens is 1. The molecule has 0 aliphatic carbocycles. The molecule has 1 atom stereocenters. The molecular weight excluding hydrogens is 409 g/mol. The van der Waals surface area contributed by atoms with Crippen molar-refractivity contribution < 1.29 is 19.1 Å². The highest BCUT2D eigenvalue weighted by atomic mass is 79.9. The molecule has 0 radical (unpaired) electrons. The normalized spacial score (nSPS) is 17.3. The summed E-state index contributed by atoms with van der Waals surface area (Å²) in [7, 11) is 0. The lowest BCUT2D eigenvalue weighted by molar-refractivity contribution is -0.116. The maximum Gasteiger partial charge on any atom is 0.404 e. The first-order valence-electron chi connectivity index (χ1n) is 8.25. The highest BCUT2D eigenvalue weighted by Gasteiger charge is 2.26. The van der Waals surface area contributed by atoms with Gasteiger partial charge in [-0.25, -0.2) is 9.78 Å². The second kappa shape index (κ2) is 7.90. The van der Waals surface area contributed by atoms with Gasteiger partial charge in [0.2, 0.25) is 5.91 Å². The number of alkyl halides is 1. The molecule has 0 spiro atoms. The highest BCUT2D eigenvalue weighted by molar-refractivity contribution is 9.10. The van der Waals surface area contributed by atoms with Gasteiger partial charge < -0.3 is 25.6 Å². The van der Waals surface area contributed by atoms with Crippen LogP contribution in [0.25, 0.3) is 11.0 Å². The van der Waals surface area contributed by atoms with Crippen molar-refractivity contribution in [2.75, 3.05) is 30.0 Å². The second-order valence-corrected chi connectivity index (χ2v) is 6.96. The molecule has 8 nitrogen and oxygen atoms in total. The topological polar surface area (TPSA) is 110 Å². The first kappa shape index (κ1) is 18.4. The molecule has 26 heavy (non-hydrogen) atoms. The molecule has 2 aromatic heterocycles. The van der Waals surface area contributed by atoms with Crippen LogP contribution < -0.4 is 15.5 Å². The average molecular weight is 428 g/mol. The molecule has 2 amide bonds. The van der Waals surface area contributed by atoms with Crippen LogP contribution in [0.1, 0.15) is 19.3 Å². The number of pyridine rings is 1. The van der Waals surface area contributed by atoms with E-state index in [1.807, 2.05) is 0 Å². The number of hydrogen-bond donors (Lipinski definition) is 4. The number of halogens is 2. The van der Waals surface area contributed by atoms with Gasteiger partial charge in [0.15, 0.2) is 0 Å². The third-order valence-corrected chi connectivity index (χ3v) is 4.87. The first-order valence-corrected chi connectivity index (χ1v) is 9.04. The molecule has 2 aromatic rings. The molecule has 4 N–H and O–H groups in total. The van der Waals surface area contributed by atoms with E-state index in [2.05, 4.69) is 41.4 Å². The van der Waals surface area contributed by atoms with Crippen molar-refractivity contribution in [2.24, 2.45) is 0 Å². The lowest BCUT2D eigenvalue weighted by atomic mass is 10.0. The number of rotatable bonds is 5. The third-order valence-electron chi connectivity index (χ3n) is 4.29. The Balaban J connectivity index is 1.96. The smallest absolute Gasteiger partial charge is 0.404 e. The van der Waals surface area contributed by atoms with Crippen molar-refractivity contribution >= 4 is 50.3 Å². The fraction of sp³-hybridized carbons (Fsp3) is 0.438. The van der Waals surface area contributed by atoms with E-state index in [4.69, 9.17) is 5.11 Å². The summed E-state index contributed by atoms with van der Waals surface area (Å²) in [6.45, 7) is 0.531. The van der Waals surface area contributed by atoms with Crippen LogP contribution in [-0.2, 0) is 4.79 Å². The van der Waals surface area contributed by atoms with E-state index < -0.39 is 18.7 Å². The van der Waals surface area contributed by atoms with Crippen molar-refractivity contribution in [3.63, 3.8) is 0 Å². The van der Waals surface area contributed by atoms with Gasteiger partial charge >= 0.3 is 6.09 Å². The van der Waals surface area contributed by atoms with E-state index >= 15 is 0 Å². The Kier molecular flexibility index (Phi) is 5.60. The molecule has 0 aromatic carbocycles. The first-order chi connectivity index (χ1) is 12.5. The maximum atomic E-state index is 12.4. The number of hydrogen-bond acceptors (Lipinski definition) is 4. The van der Waals surface area contributed by atoms with Gasteiger partial charge in [0.05, 0.1) is 34.3 Å². The number of amides is 2. The van der Waals surface area contributed by atoms with Gasteiger partial charge in [0, 0.05) is 31.5 Å². The summed E-state index contributed by atoms with van der Waals surface area (Å²) in [6, 6.07) is -0.181. The van der Waals surface area contributed by atoms with Crippen LogP contribution in [0.4, 0.5) is 20.6 Å². The predicted octanol–water partition coefficient (Wildman–Crippen LogP) is 2.86. The third kappa shape index (κ3) is 3.90. The van der Waals surface area contributed by atoms with E-state index in [1.165, 1.54) is 0 Å². The van der Waals surface area contributed by atoms with Crippen LogP contribution >= 0.6 is 15.9 Å². The SMILES string of the molecule is O=C(O)NC1CCCN(c2c(Br)cnc3[nH]cc(NC(=O)CCF)c23)C1. The summed E-state index contributed by atoms with van der Waals surface area (Å²) in [4.78, 5) is 32.2. The zero-order valence-corrected chi connectivity index (χ0v) is 15.5. The number of anilines is 2. The van der Waals surface area contributed by atoms with Crippen molar-refractivity contribution in [3.05, 3.63) is 16.9 Å². The minimum atomic E-state index is -1.04. The van der Waals surface area contributed by atoms with E-state index in [0.29, 0.717) is 23.3 Å². The van der Waals surface area contributed by atoms with E-state index in [-0.39, 0.29) is 12.5 Å². The zero-order valence-electron chi connectivity index (χ0n) is 13.9. The standard InChI is InChI=1S/C16H19BrFN5O3/c17-10-6-19-15-13(11(7-20-15)22-12(24)3-4-18)14(10)23-5-1-2-9(8-23)21-16(25)26/h6-7,9,21H,1-5,8H2,(H,19,20)(H,22,24)(H,25,26). The van der Waals surface area contributed by atoms with Crippen LogP contribution in [0, 0.1) is 0 Å². The number of aromatic nitrogens is 2. The second-order valence-electron chi connectivity index (χ2n) is 6.10. The van der Waals surface area contributed by atoms with Crippen LogP contribution in [0.3, 0.4) is 0 Å². The molecule has 1 unspecified atom stereocenters. The number of carbonyl (C=O) groups is 2. The van der Waals surface area contributed by atoms with Gasteiger partial charge in [-0.15, -0.1) is 0 Å². The quantitative estimate of drug-likeness (QED) is 0.586. The van der Waals surface area contributed by atoms with Crippen molar-refractivity contribution in [3.8, 4) is 0 Å². The van der Waals surface area contributed by atoms with Crippen LogP contribution in [0.2, 0.25) is 0 Å². The molecule has 1 aliphatic heterocycles. The number of fused-ring (bicyclic) bond motifs is 1. The van der Waals surface area contributed by atoms with Gasteiger partial charge in [-0.3, -0.25) is 9.18 Å². The minimum absolute atomic E-state index is 0.181. The van der Waals surface area contributed by atoms with Gasteiger partial charge in [0.25, 0.3) is 0 Å². The van der Waals surface area contributed by atoms with Crippen LogP contribution in [-0.4, -0.2) is 52.9 Å². The van der Waals surface area contributed by atoms with Gasteiger partial charge in [-0.05, 0) is 28.8 Å². The Morgan fingerprint density at radius 1 is 1.50 bits per heavy atom. The minimum Gasteiger partial charge on any atom is -0.465 e. The van der Waals surface area contributed by atoms with Gasteiger partial charge in [-0.1, -0.05) is 0 Å². The summed E-state index contributed by atoms with van der Waals surface area (Å²) in [5.41, 5.74) is 1.94. The summed E-state index contributed by atoms with van der Waals surface area (Å²) in [5.74, 6) is -0.414. The van der Waals surface area contributed by atoms with E-state index in [9.17, 15) is 14.0 Å². The van der Waals surface area contributed by atoms with Crippen LogP contribution in [0.15, 0.2) is 16.9 Å². The molecule has 0 saturated carbocycles. The summed E-state index contributed by atoms with van der Waals surface area (Å²) >= 11 is 3.51. The average Bonchev–Trinajstić information content (AvgIpc) is 2.97. The molecular formula is C16H19BrFN5O3. The van der Waals surface area contributed by atoms with Gasteiger partial charge in [-0.2, -0.15) is 0 Å². The highest BCUT2D eigenvalue weighted by Crippen LogP contribution is 2.38. The molecule has 0 bridgehead atoms. The summed E-state index contributed by atoms with van der Waals surface area (Å²) in [6.07, 6.45) is 3.63. The summed E-state index contributed by atoms with van der Waals surface area (Å²) in [5, 5.41) is 14.9. The molecule has 10 heteroatoms. The zero-order chi connectivity index (χ0) is 18.7. The number of carbonyl (C=O) groups excluding carboxylic acids is 1. The number of nitrogens with zero attached hydrogens (tertiary/aromatic N) is 2. The number of nitrogens with one attached hydrogen (secondary N) is 3. The molecule has 1 fully saturated rings. The van der Waals surface area contributed by atoms with Crippen molar-refractivity contribution in [2.45, 2.75) is 25.3 Å². The molecule has 3 rings (SSSR count). The van der Waals surface area contributed by atoms with E-state index in [1.54, 1.807) is 12.4 Å². The monoisotopic (exact) mass is 427 g/mol. The maximum absolute atomic E-state index is 12.4. The lowest BCUT2D eigenvalue weighted by Crippen LogP contribution is -2.47. The van der Waals surface area contributed by atoms with Crippen molar-refractivity contribution in [1.82, 2.24) is 15.3 Å². The lowest BCUT2D eigenvalue weighted by Gasteiger charge is -2.35. The Bertz CT molecular complexity index is 828. The predicted molar refractivity (Wildman–Crippen MR) is 99.4 cm³/mol. The number of carboxylic acid groups (broad SMARTS) is 1. The fourth-order valence-corrected chi connectivity index (χ4v) is 3.79. The molecule has 3 heterocycles. The Morgan fingerprint density at radius 3 is 3.04 bits per heavy atom. The van der Waals surface area contributed by atoms with Crippen LogP contribution in [0.5, 0.6) is 0 Å². The molecule has 1 aliphatic rings. The Hall–Kier alpha value is -2.36. The van der Waals surface area contributed by atoms with Gasteiger partial charge in [0.1, 0.15) is 5.65 Å². The Labute approximate surface area is 157 Å². The molecule has 140 valence electrons. The Morgan fingerprint density at radius 2 is 2.31 bits per heavy atom. The summed E-state index contributed by atoms with van der Waals surface area (Å²) < 4.78 is 13.2. The van der Waals surface area contributed by atoms with Crippen molar-refractivity contribution in [1.29, 1.82) is 0 Å². The number of piperidine rings is 1. The fourth-order valence-electron chi connectivity index (χ4n) is 3.23. The van der Waals surface area contributed by atoms with E-state index in [0.717, 1.165) is 29.5 Å².